The summed E-state index contributed by atoms with van der Waals surface area (Å²) in [5.41, 5.74) is 8.20. The highest BCUT2D eigenvalue weighted by atomic mass is 35.5. The number of aryl methyl sites for hydroxylation is 1. The number of benzene rings is 2. The molecule has 6 heteroatoms. The van der Waals surface area contributed by atoms with Gasteiger partial charge in [0, 0.05) is 18.2 Å². The lowest BCUT2D eigenvalue weighted by Crippen LogP contribution is -2.19. The topological polar surface area (TPSA) is 64.3 Å². The normalized spacial score (nSPS) is 13.5. The molecular weight excluding hydrogens is 311 g/mol. The number of carbonyl (C=O) groups is 1. The lowest BCUT2D eigenvalue weighted by atomic mass is 10.0. The number of amides is 1. The number of nitrogens with one attached hydrogen (secondary N) is 1. The molecule has 0 aromatic heterocycles. The summed E-state index contributed by atoms with van der Waals surface area (Å²) < 4.78 is 5.73. The van der Waals surface area contributed by atoms with Crippen molar-refractivity contribution in [3.05, 3.63) is 45.9 Å². The summed E-state index contributed by atoms with van der Waals surface area (Å²) in [6.45, 7) is 0. The molecule has 1 aliphatic rings. The molecule has 1 aliphatic heterocycles. The first-order valence-corrected chi connectivity index (χ1v) is 7.14. The number of rotatable bonds is 2. The van der Waals surface area contributed by atoms with Gasteiger partial charge in [-0.2, -0.15) is 0 Å². The molecule has 1 heterocycles. The smallest absolute Gasteiger partial charge is 0.224 e. The first-order chi connectivity index (χ1) is 10.0. The quantitative estimate of drug-likeness (QED) is 0.812. The predicted octanol–water partition coefficient (Wildman–Crippen LogP) is 4.25. The number of anilines is 2. The Morgan fingerprint density at radius 2 is 1.95 bits per heavy atom. The minimum absolute atomic E-state index is 0.0148. The highest BCUT2D eigenvalue weighted by Crippen LogP contribution is 2.39. The van der Waals surface area contributed by atoms with E-state index in [4.69, 9.17) is 33.7 Å². The number of hydrogen-bond donors (Lipinski definition) is 2. The third-order valence-electron chi connectivity index (χ3n) is 3.27. The first kappa shape index (κ1) is 14.0. The molecule has 3 N–H and O–H groups in total. The van der Waals surface area contributed by atoms with Crippen LogP contribution in [0.4, 0.5) is 11.4 Å². The molecule has 2 aromatic carbocycles. The fourth-order valence-electron chi connectivity index (χ4n) is 2.20. The Hall–Kier alpha value is -1.91. The Morgan fingerprint density at radius 1 is 1.14 bits per heavy atom. The summed E-state index contributed by atoms with van der Waals surface area (Å²) in [7, 11) is 0. The molecule has 1 amide bonds. The first-order valence-electron chi connectivity index (χ1n) is 6.38. The number of nitrogens with two attached hydrogens (primary N) is 1. The average Bonchev–Trinajstić information content (AvgIpc) is 2.45. The number of halogens is 2. The summed E-state index contributed by atoms with van der Waals surface area (Å²) in [6, 6.07) is 8.63. The van der Waals surface area contributed by atoms with Gasteiger partial charge in [-0.3, -0.25) is 4.79 Å². The van der Waals surface area contributed by atoms with Crippen molar-refractivity contribution >= 4 is 40.5 Å². The van der Waals surface area contributed by atoms with Gasteiger partial charge in [0.1, 0.15) is 10.8 Å². The van der Waals surface area contributed by atoms with E-state index >= 15 is 0 Å². The number of fused-ring (bicyclic) bond motifs is 1. The third-order valence-corrected chi connectivity index (χ3v) is 4.07. The van der Waals surface area contributed by atoms with Crippen molar-refractivity contribution in [3.8, 4) is 11.5 Å². The lowest BCUT2D eigenvalue weighted by molar-refractivity contribution is -0.116. The van der Waals surface area contributed by atoms with Crippen LogP contribution >= 0.6 is 23.2 Å². The predicted molar refractivity (Wildman–Crippen MR) is 84.3 cm³/mol. The van der Waals surface area contributed by atoms with E-state index < -0.39 is 0 Å². The molecule has 0 bridgehead atoms. The van der Waals surface area contributed by atoms with Crippen LogP contribution in [0, 0.1) is 0 Å². The molecule has 0 unspecified atom stereocenters. The Kier molecular flexibility index (Phi) is 3.66. The summed E-state index contributed by atoms with van der Waals surface area (Å²) in [5, 5.41) is 3.53. The van der Waals surface area contributed by atoms with Gasteiger partial charge < -0.3 is 15.8 Å². The fraction of sp³-hybridized carbons (Fsp3) is 0.133. The van der Waals surface area contributed by atoms with Crippen LogP contribution in [0.3, 0.4) is 0 Å². The molecule has 4 nitrogen and oxygen atoms in total. The number of nitrogen functional groups attached to an aromatic ring is 1. The van der Waals surface area contributed by atoms with Crippen LogP contribution in [-0.2, 0) is 11.2 Å². The maximum absolute atomic E-state index is 11.5. The monoisotopic (exact) mass is 322 g/mol. The second-order valence-electron chi connectivity index (χ2n) is 4.75. The van der Waals surface area contributed by atoms with Gasteiger partial charge in [-0.05, 0) is 30.2 Å². The van der Waals surface area contributed by atoms with Crippen LogP contribution in [0.2, 0.25) is 10.0 Å². The van der Waals surface area contributed by atoms with Crippen molar-refractivity contribution in [1.82, 2.24) is 0 Å². The average molecular weight is 323 g/mol. The van der Waals surface area contributed by atoms with Gasteiger partial charge in [-0.25, -0.2) is 0 Å². The van der Waals surface area contributed by atoms with E-state index in [0.29, 0.717) is 45.8 Å². The van der Waals surface area contributed by atoms with E-state index in [1.165, 1.54) is 0 Å². The van der Waals surface area contributed by atoms with Crippen molar-refractivity contribution in [1.29, 1.82) is 0 Å². The van der Waals surface area contributed by atoms with E-state index in [2.05, 4.69) is 5.32 Å². The molecule has 0 atom stereocenters. The molecule has 3 rings (SSSR count). The molecular formula is C15H12Cl2N2O2. The molecule has 21 heavy (non-hydrogen) atoms. The standard InChI is InChI=1S/C15H12Cl2N2O2/c16-9-2-1-3-12(15(9)17)21-13-7-11-8(6-10(13)18)4-5-14(20)19-11/h1-3,6-7H,4-5,18H2,(H,19,20). The summed E-state index contributed by atoms with van der Waals surface area (Å²) in [6.07, 6.45) is 1.14. The van der Waals surface area contributed by atoms with Crippen molar-refractivity contribution in [2.45, 2.75) is 12.8 Å². The van der Waals surface area contributed by atoms with Crippen LogP contribution in [0.5, 0.6) is 11.5 Å². The van der Waals surface area contributed by atoms with Crippen molar-refractivity contribution in [2.75, 3.05) is 11.1 Å². The summed E-state index contributed by atoms with van der Waals surface area (Å²) in [4.78, 5) is 11.5. The van der Waals surface area contributed by atoms with E-state index in [-0.39, 0.29) is 5.91 Å². The zero-order valence-corrected chi connectivity index (χ0v) is 12.5. The third kappa shape index (κ3) is 2.77. The van der Waals surface area contributed by atoms with Crippen LogP contribution in [0.25, 0.3) is 0 Å². The van der Waals surface area contributed by atoms with Crippen molar-refractivity contribution < 1.29 is 9.53 Å². The van der Waals surface area contributed by atoms with Crippen molar-refractivity contribution in [3.63, 3.8) is 0 Å². The molecule has 108 valence electrons. The zero-order chi connectivity index (χ0) is 15.0. The maximum atomic E-state index is 11.5. The van der Waals surface area contributed by atoms with Gasteiger partial charge in [-0.1, -0.05) is 29.3 Å². The molecule has 2 aromatic rings. The largest absolute Gasteiger partial charge is 0.453 e. The maximum Gasteiger partial charge on any atom is 0.224 e. The molecule has 0 aliphatic carbocycles. The summed E-state index contributed by atoms with van der Waals surface area (Å²) in [5.74, 6) is 0.831. The number of ether oxygens (including phenoxy) is 1. The molecule has 0 saturated heterocycles. The Balaban J connectivity index is 1.97. The van der Waals surface area contributed by atoms with Gasteiger partial charge in [0.2, 0.25) is 5.91 Å². The number of carbonyl (C=O) groups excluding carboxylic acids is 1. The second-order valence-corrected chi connectivity index (χ2v) is 5.53. The Bertz CT molecular complexity index is 732. The van der Waals surface area contributed by atoms with E-state index in [0.717, 1.165) is 5.56 Å². The van der Waals surface area contributed by atoms with Crippen molar-refractivity contribution in [2.24, 2.45) is 0 Å². The summed E-state index contributed by atoms with van der Waals surface area (Å²) >= 11 is 12.0. The lowest BCUT2D eigenvalue weighted by Gasteiger charge is -2.19. The fourth-order valence-corrected chi connectivity index (χ4v) is 2.53. The minimum atomic E-state index is -0.0148. The minimum Gasteiger partial charge on any atom is -0.453 e. The van der Waals surface area contributed by atoms with E-state index in [1.807, 2.05) is 6.07 Å². The van der Waals surface area contributed by atoms with Crippen LogP contribution in [0.1, 0.15) is 12.0 Å². The molecule has 0 radical (unpaired) electrons. The highest BCUT2D eigenvalue weighted by Gasteiger charge is 2.18. The van der Waals surface area contributed by atoms with E-state index in [9.17, 15) is 4.79 Å². The van der Waals surface area contributed by atoms with Gasteiger partial charge in [0.25, 0.3) is 0 Å². The van der Waals surface area contributed by atoms with Crippen LogP contribution in [0.15, 0.2) is 30.3 Å². The van der Waals surface area contributed by atoms with Crippen LogP contribution < -0.4 is 15.8 Å². The number of hydrogen-bond acceptors (Lipinski definition) is 3. The molecule has 0 spiro atoms. The Labute approximate surface area is 131 Å². The second kappa shape index (κ2) is 5.47. The van der Waals surface area contributed by atoms with E-state index in [1.54, 1.807) is 24.3 Å². The Morgan fingerprint density at radius 3 is 2.76 bits per heavy atom. The SMILES string of the molecule is Nc1cc2c(cc1Oc1cccc(Cl)c1Cl)NC(=O)CC2. The highest BCUT2D eigenvalue weighted by molar-refractivity contribution is 6.42. The van der Waals surface area contributed by atoms with Crippen LogP contribution in [-0.4, -0.2) is 5.91 Å². The van der Waals surface area contributed by atoms with Gasteiger partial charge in [0.15, 0.2) is 5.75 Å². The van der Waals surface area contributed by atoms with Gasteiger partial charge >= 0.3 is 0 Å². The van der Waals surface area contributed by atoms with Gasteiger partial charge in [0.05, 0.1) is 10.7 Å². The molecule has 0 saturated carbocycles. The molecule has 0 fully saturated rings. The zero-order valence-electron chi connectivity index (χ0n) is 11.0. The van der Waals surface area contributed by atoms with Gasteiger partial charge in [-0.15, -0.1) is 0 Å².